The first kappa shape index (κ1) is 20.2. The predicted octanol–water partition coefficient (Wildman–Crippen LogP) is 7.76. The molecule has 0 atom stereocenters. The van der Waals surface area contributed by atoms with Crippen LogP contribution in [-0.2, 0) is 6.42 Å². The maximum atomic E-state index is 14.4. The van der Waals surface area contributed by atoms with E-state index in [0.717, 1.165) is 17.5 Å². The molecule has 148 valence electrons. The van der Waals surface area contributed by atoms with Gasteiger partial charge in [-0.2, -0.15) is 8.78 Å². The second-order valence-corrected chi connectivity index (χ2v) is 7.05. The maximum Gasteiger partial charge on any atom is 0.387 e. The highest BCUT2D eigenvalue weighted by atomic mass is 19.3. The predicted molar refractivity (Wildman–Crippen MR) is 108 cm³/mol. The maximum absolute atomic E-state index is 14.4. The van der Waals surface area contributed by atoms with E-state index in [4.69, 9.17) is 0 Å². The fourth-order valence-electron chi connectivity index (χ4n) is 3.43. The van der Waals surface area contributed by atoms with Crippen molar-refractivity contribution < 1.29 is 17.9 Å². The van der Waals surface area contributed by atoms with Crippen LogP contribution in [0.2, 0.25) is 0 Å². The Morgan fingerprint density at radius 2 is 1.54 bits per heavy atom. The van der Waals surface area contributed by atoms with Crippen molar-refractivity contribution in [1.82, 2.24) is 0 Å². The van der Waals surface area contributed by atoms with E-state index < -0.39 is 18.2 Å². The third-order valence-electron chi connectivity index (χ3n) is 4.99. The van der Waals surface area contributed by atoms with Gasteiger partial charge >= 0.3 is 6.61 Å². The molecule has 3 aromatic carbocycles. The number of unbranched alkanes of at least 4 members (excludes halogenated alkanes) is 4. The molecule has 0 aromatic heterocycles. The lowest BCUT2D eigenvalue weighted by molar-refractivity contribution is -0.0520. The number of alkyl halides is 2. The molecule has 0 aliphatic heterocycles. The second-order valence-electron chi connectivity index (χ2n) is 7.05. The number of aryl methyl sites for hydroxylation is 1. The van der Waals surface area contributed by atoms with Crippen LogP contribution in [0.4, 0.5) is 13.2 Å². The fraction of sp³-hybridized carbons (Fsp3) is 0.333. The van der Waals surface area contributed by atoms with Crippen molar-refractivity contribution in [2.24, 2.45) is 0 Å². The van der Waals surface area contributed by atoms with Gasteiger partial charge in [0.05, 0.1) is 0 Å². The van der Waals surface area contributed by atoms with E-state index in [1.807, 2.05) is 6.07 Å². The zero-order valence-electron chi connectivity index (χ0n) is 16.1. The minimum atomic E-state index is -3.05. The molecule has 4 heteroatoms. The zero-order valence-corrected chi connectivity index (χ0v) is 16.1. The molecule has 0 N–H and O–H groups in total. The van der Waals surface area contributed by atoms with E-state index in [9.17, 15) is 13.2 Å². The highest BCUT2D eigenvalue weighted by Crippen LogP contribution is 2.31. The lowest BCUT2D eigenvalue weighted by Gasteiger charge is -2.10. The Labute approximate surface area is 164 Å². The van der Waals surface area contributed by atoms with Crippen LogP contribution in [0.5, 0.6) is 5.75 Å². The van der Waals surface area contributed by atoms with Crippen LogP contribution < -0.4 is 4.74 Å². The van der Waals surface area contributed by atoms with Gasteiger partial charge in [0.25, 0.3) is 0 Å². The van der Waals surface area contributed by atoms with Crippen LogP contribution in [0.25, 0.3) is 21.9 Å². The van der Waals surface area contributed by atoms with Gasteiger partial charge in [0, 0.05) is 5.39 Å². The van der Waals surface area contributed by atoms with Crippen LogP contribution in [0.15, 0.2) is 54.6 Å². The minimum Gasteiger partial charge on any atom is -0.432 e. The van der Waals surface area contributed by atoms with E-state index >= 15 is 0 Å². The average Bonchev–Trinajstić information content (AvgIpc) is 2.70. The molecule has 0 radical (unpaired) electrons. The van der Waals surface area contributed by atoms with Crippen LogP contribution in [0, 0.1) is 5.82 Å². The number of hydrogen-bond acceptors (Lipinski definition) is 1. The first-order chi connectivity index (χ1) is 13.6. The minimum absolute atomic E-state index is 0.269. The smallest absolute Gasteiger partial charge is 0.387 e. The highest BCUT2D eigenvalue weighted by Gasteiger charge is 2.13. The average molecular weight is 386 g/mol. The molecule has 0 aliphatic rings. The lowest BCUT2D eigenvalue weighted by atomic mass is 9.98. The molecule has 3 aromatic rings. The normalized spacial score (nSPS) is 11.3. The molecule has 0 heterocycles. The SMILES string of the molecule is CCCCCCCc1ccc(-c2ccc3c(F)c(OC(F)F)ccc3c2)cc1. The Hall–Kier alpha value is -2.49. The van der Waals surface area contributed by atoms with Gasteiger partial charge < -0.3 is 4.74 Å². The Morgan fingerprint density at radius 3 is 2.25 bits per heavy atom. The van der Waals surface area contributed by atoms with Crippen molar-refractivity contribution >= 4 is 10.8 Å². The molecule has 0 saturated carbocycles. The summed E-state index contributed by atoms with van der Waals surface area (Å²) in [7, 11) is 0. The number of hydrogen-bond donors (Lipinski definition) is 0. The number of fused-ring (bicyclic) bond motifs is 1. The van der Waals surface area contributed by atoms with Crippen molar-refractivity contribution in [3.8, 4) is 16.9 Å². The van der Waals surface area contributed by atoms with Gasteiger partial charge in [-0.05, 0) is 47.1 Å². The van der Waals surface area contributed by atoms with Crippen molar-refractivity contribution in [2.75, 3.05) is 0 Å². The number of halogens is 3. The molecule has 0 saturated heterocycles. The summed E-state index contributed by atoms with van der Waals surface area (Å²) in [4.78, 5) is 0. The van der Waals surface area contributed by atoms with Gasteiger partial charge in [0.1, 0.15) is 0 Å². The second kappa shape index (κ2) is 9.63. The van der Waals surface area contributed by atoms with E-state index in [1.54, 1.807) is 18.2 Å². The number of benzene rings is 3. The molecule has 1 nitrogen and oxygen atoms in total. The van der Waals surface area contributed by atoms with Gasteiger partial charge in [-0.15, -0.1) is 0 Å². The summed E-state index contributed by atoms with van der Waals surface area (Å²) in [6.07, 6.45) is 7.41. The number of rotatable bonds is 9. The first-order valence-corrected chi connectivity index (χ1v) is 9.85. The summed E-state index contributed by atoms with van der Waals surface area (Å²) < 4.78 is 43.3. The number of ether oxygens (including phenoxy) is 1. The monoisotopic (exact) mass is 386 g/mol. The summed E-state index contributed by atoms with van der Waals surface area (Å²) in [6.45, 7) is -0.827. The molecule has 0 amide bonds. The largest absolute Gasteiger partial charge is 0.432 e. The van der Waals surface area contributed by atoms with Gasteiger partial charge in [-0.1, -0.05) is 75.1 Å². The van der Waals surface area contributed by atoms with E-state index in [0.29, 0.717) is 5.39 Å². The van der Waals surface area contributed by atoms with Crippen molar-refractivity contribution in [1.29, 1.82) is 0 Å². The summed E-state index contributed by atoms with van der Waals surface area (Å²) in [6, 6.07) is 16.6. The van der Waals surface area contributed by atoms with Gasteiger partial charge in [0.2, 0.25) is 0 Å². The molecule has 28 heavy (non-hydrogen) atoms. The molecule has 0 fully saturated rings. The van der Waals surface area contributed by atoms with Crippen molar-refractivity contribution in [3.63, 3.8) is 0 Å². The summed E-state index contributed by atoms with van der Waals surface area (Å²) in [5.74, 6) is -1.19. The first-order valence-electron chi connectivity index (χ1n) is 9.85. The quantitative estimate of drug-likeness (QED) is 0.341. The van der Waals surface area contributed by atoms with Crippen LogP contribution >= 0.6 is 0 Å². The van der Waals surface area contributed by atoms with Crippen molar-refractivity contribution in [2.45, 2.75) is 52.1 Å². The van der Waals surface area contributed by atoms with E-state index in [2.05, 4.69) is 35.9 Å². The molecule has 0 bridgehead atoms. The zero-order chi connectivity index (χ0) is 19.9. The summed E-state index contributed by atoms with van der Waals surface area (Å²) in [5, 5.41) is 0.919. The highest BCUT2D eigenvalue weighted by molar-refractivity contribution is 5.89. The molecule has 3 rings (SSSR count). The van der Waals surface area contributed by atoms with Crippen LogP contribution in [0.1, 0.15) is 44.6 Å². The van der Waals surface area contributed by atoms with Crippen LogP contribution in [-0.4, -0.2) is 6.61 Å². The molecule has 0 spiro atoms. The van der Waals surface area contributed by atoms with Gasteiger partial charge in [-0.25, -0.2) is 4.39 Å². The van der Waals surface area contributed by atoms with E-state index in [-0.39, 0.29) is 5.39 Å². The topological polar surface area (TPSA) is 9.23 Å². The summed E-state index contributed by atoms with van der Waals surface area (Å²) in [5.41, 5.74) is 3.33. The Kier molecular flexibility index (Phi) is 6.96. The fourth-order valence-corrected chi connectivity index (χ4v) is 3.43. The molecule has 0 unspecified atom stereocenters. The van der Waals surface area contributed by atoms with Crippen LogP contribution in [0.3, 0.4) is 0 Å². The standard InChI is InChI=1S/C24H25F3O/c1-2-3-4-5-6-7-17-8-10-18(11-9-17)19-12-14-21-20(16-19)13-15-22(23(21)25)28-24(26)27/h8-16,24H,2-7H2,1H3. The molecular weight excluding hydrogens is 361 g/mol. The Balaban J connectivity index is 1.73. The molecule has 0 aliphatic carbocycles. The molecular formula is C24H25F3O. The van der Waals surface area contributed by atoms with Crippen molar-refractivity contribution in [3.05, 3.63) is 66.0 Å². The van der Waals surface area contributed by atoms with Gasteiger partial charge in [0.15, 0.2) is 11.6 Å². The third-order valence-corrected chi connectivity index (χ3v) is 4.99. The Bertz CT molecular complexity index is 904. The van der Waals surface area contributed by atoms with Gasteiger partial charge in [-0.3, -0.25) is 0 Å². The summed E-state index contributed by atoms with van der Waals surface area (Å²) >= 11 is 0. The lowest BCUT2D eigenvalue weighted by Crippen LogP contribution is -2.03. The Morgan fingerprint density at radius 1 is 0.821 bits per heavy atom. The van der Waals surface area contributed by atoms with E-state index in [1.165, 1.54) is 43.7 Å². The third kappa shape index (κ3) is 5.06.